The lowest BCUT2D eigenvalue weighted by molar-refractivity contribution is -0.646. The molecule has 12 heterocycles. The second-order valence-corrected chi connectivity index (χ2v) is 30.2. The quantitative estimate of drug-likeness (QED) is 0.0187. The van der Waals surface area contributed by atoms with Crippen LogP contribution < -0.4 is 43.3 Å². The van der Waals surface area contributed by atoms with Crippen molar-refractivity contribution in [3.8, 4) is 0 Å². The molecule has 18 N–H and O–H groups in total. The number of ether oxygens (including phenoxy) is 5. The Balaban J connectivity index is 0.734. The highest BCUT2D eigenvalue weighted by Gasteiger charge is 2.55. The van der Waals surface area contributed by atoms with E-state index in [1.165, 1.54) is 35.0 Å². The molecule has 12 rings (SSSR count). The third-order valence-corrected chi connectivity index (χ3v) is 21.9. The maximum absolute atomic E-state index is 14.5. The summed E-state index contributed by atoms with van der Waals surface area (Å²) in [5, 5.41) is 55.5. The molecule has 0 spiro atoms. The lowest BCUT2D eigenvalue weighted by Gasteiger charge is -2.35. The zero-order valence-corrected chi connectivity index (χ0v) is 54.1. The summed E-state index contributed by atoms with van der Waals surface area (Å²) in [5.74, 6) is -1.11. The summed E-state index contributed by atoms with van der Waals surface area (Å²) in [6.45, 7) is -9.86. The first-order valence-electron chi connectivity index (χ1n) is 27.5. The molecule has 0 aliphatic carbocycles. The molecule has 97 heavy (non-hydrogen) atoms. The minimum atomic E-state index is -6.28. The molecule has 0 saturated carbocycles. The van der Waals surface area contributed by atoms with E-state index in [-0.39, 0.29) is 56.6 Å². The van der Waals surface area contributed by atoms with Crippen LogP contribution in [0.3, 0.4) is 0 Å². The Labute approximate surface area is 540 Å². The highest BCUT2D eigenvalue weighted by molar-refractivity contribution is 8.06. The second kappa shape index (κ2) is 26.6. The van der Waals surface area contributed by atoms with E-state index in [1.807, 2.05) is 0 Å². The number of methoxy groups -OCH3 is 1. The van der Waals surface area contributed by atoms with Gasteiger partial charge in [-0.15, -0.1) is 0 Å². The number of aliphatic hydroxyl groups is 5. The predicted molar refractivity (Wildman–Crippen MR) is 312 cm³/mol. The number of nitrogens with two attached hydrogens (primary N) is 3. The molecule has 8 aromatic heterocycles. The molecular formula is C42H54N19O30P5S. The zero-order valence-electron chi connectivity index (χ0n) is 48.8. The van der Waals surface area contributed by atoms with Gasteiger partial charge in [0.15, 0.2) is 46.7 Å². The number of hydrogen-bond acceptors (Lipinski definition) is 38. The second-order valence-electron chi connectivity index (χ2n) is 21.4. The van der Waals surface area contributed by atoms with Gasteiger partial charge in [-0.2, -0.15) is 28.1 Å². The van der Waals surface area contributed by atoms with Gasteiger partial charge in [0.25, 0.3) is 22.3 Å². The first kappa shape index (κ1) is 70.5. The number of nitrogens with zero attached hydrogens (tertiary/aromatic N) is 13. The molecule has 4 saturated heterocycles. The number of aliphatic hydroxyl groups excluding tert-OH is 5. The summed E-state index contributed by atoms with van der Waals surface area (Å²) in [5.41, 5.74) is 13.9. The number of phosphoric acid groups is 4. The number of rotatable bonds is 25. The average Bonchev–Trinajstić information content (AvgIpc) is 1.63. The standard InChI is InChI=1S/C42H54N19O30P5S/c1-57-12-61(32-20(57)35(69)56-42(45)53-32)37-24(65)22(63)15(85-37)5-81-93(72,73)90-95(76,77)91-94(74,75)82-6-17-27(28(79-2)39(87-17)58-9-48-13-3-46-8-47-29(13)58)89-96(78,97)83-7-16-26(25(66)38(86-16)60-11-50-19-31(60)52-41(44)55-34(19)68)88-92(70,71)80-4-14-21(62)23(64)36(84-14)59-10-49-18-30(59)51-40(43)54-33(18)67/h3,8-12,14-17,21-28,36-39,62-66H,4-7H2,1-2H3,(H13-,43,44,45,51,52,53,54,55,56,67,68,69,70,71,72,73,74,75,76,77,78,97). The topological polar surface area (TPSA) is 697 Å². The van der Waals surface area contributed by atoms with E-state index in [9.17, 15) is 82.6 Å². The monoisotopic (exact) mass is 1490 g/mol. The fourth-order valence-electron chi connectivity index (χ4n) is 10.9. The van der Waals surface area contributed by atoms with Crippen LogP contribution in [-0.2, 0) is 96.6 Å². The van der Waals surface area contributed by atoms with Crippen molar-refractivity contribution < 1.29 is 132 Å². The van der Waals surface area contributed by atoms with Crippen molar-refractivity contribution in [1.82, 2.24) is 73.1 Å². The van der Waals surface area contributed by atoms with E-state index in [4.69, 9.17) is 79.8 Å². The number of H-pyrrole nitrogens is 3. The number of aryl methyl sites for hydroxylation is 1. The largest absolute Gasteiger partial charge is 0.780 e. The van der Waals surface area contributed by atoms with Gasteiger partial charge in [-0.25, -0.2) is 47.7 Å². The molecule has 4 aliphatic heterocycles. The van der Waals surface area contributed by atoms with Crippen LogP contribution in [0, 0.1) is 0 Å². The summed E-state index contributed by atoms with van der Waals surface area (Å²) >= 11 is 5.30. The van der Waals surface area contributed by atoms with E-state index in [2.05, 4.69) is 63.4 Å². The van der Waals surface area contributed by atoms with Crippen molar-refractivity contribution in [2.24, 2.45) is 7.05 Å². The van der Waals surface area contributed by atoms with E-state index < -0.39 is 185 Å². The summed E-state index contributed by atoms with van der Waals surface area (Å²) in [4.78, 5) is 134. The minimum absolute atomic E-state index is 0.0457. The van der Waals surface area contributed by atoms with Crippen molar-refractivity contribution in [1.29, 1.82) is 0 Å². The summed E-state index contributed by atoms with van der Waals surface area (Å²) < 4.78 is 129. The van der Waals surface area contributed by atoms with Gasteiger partial charge in [0, 0.05) is 7.11 Å². The molecule has 8 aromatic rings. The van der Waals surface area contributed by atoms with Crippen LogP contribution in [0.1, 0.15) is 24.9 Å². The molecular weight excluding hydrogens is 1440 g/mol. The first-order chi connectivity index (χ1) is 45.6. The molecule has 528 valence electrons. The number of hydrogen-bond donors (Lipinski definition) is 15. The molecule has 49 nitrogen and oxygen atoms in total. The van der Waals surface area contributed by atoms with Crippen LogP contribution in [0.2, 0.25) is 0 Å². The van der Waals surface area contributed by atoms with Gasteiger partial charge >= 0.3 is 36.9 Å². The summed E-state index contributed by atoms with van der Waals surface area (Å²) in [7, 11) is -21.3. The van der Waals surface area contributed by atoms with Crippen molar-refractivity contribution in [2.45, 2.75) is 98.2 Å². The molecule has 4 fully saturated rings. The van der Waals surface area contributed by atoms with Crippen LogP contribution in [0.4, 0.5) is 17.8 Å². The van der Waals surface area contributed by atoms with Gasteiger partial charge in [-0.05, 0) is 0 Å². The number of aromatic nitrogens is 16. The minimum Gasteiger partial charge on any atom is -0.780 e. The van der Waals surface area contributed by atoms with Gasteiger partial charge in [-0.1, -0.05) is 11.8 Å². The first-order valence-corrected chi connectivity index (χ1v) is 36.0. The fraction of sp³-hybridized carbons (Fsp3) is 0.524. The van der Waals surface area contributed by atoms with Gasteiger partial charge in [0.05, 0.1) is 58.7 Å². The Hall–Kier alpha value is -6.35. The van der Waals surface area contributed by atoms with Crippen LogP contribution in [0.15, 0.2) is 52.2 Å². The van der Waals surface area contributed by atoms with E-state index in [0.29, 0.717) is 0 Å². The van der Waals surface area contributed by atoms with E-state index in [0.717, 1.165) is 39.8 Å². The third kappa shape index (κ3) is 14.3. The SMILES string of the molecule is COC1C(OP([O-])(=S)OCC2OC(n3cnc4c(=O)[nH]c(N)nc43)C(O)C2OP(=O)(O)OCC2OC(n3cnc4c(=O)[nH]c(N)nc43)C(O)C2O)C(COP(=O)(O)OP(=O)(O)OP(=O)(O)OCC2OC(n3c[n+](C)c4c(=O)[nH]c(N)nc43)C(O)C2O)OC1n1cnc2cncnc21. The predicted octanol–water partition coefficient (Wildman–Crippen LogP) is -6.33. The summed E-state index contributed by atoms with van der Waals surface area (Å²) in [6.07, 6.45) is -21.9. The molecule has 0 amide bonds. The zero-order chi connectivity index (χ0) is 69.7. The number of imidazole rings is 4. The Bertz CT molecular complexity index is 4770. The number of nitrogens with one attached hydrogen (secondary N) is 3. The van der Waals surface area contributed by atoms with Crippen molar-refractivity contribution in [2.75, 3.05) is 50.7 Å². The van der Waals surface area contributed by atoms with Crippen molar-refractivity contribution in [3.63, 3.8) is 0 Å². The van der Waals surface area contributed by atoms with Gasteiger partial charge in [0.2, 0.25) is 30.4 Å². The van der Waals surface area contributed by atoms with Gasteiger partial charge in [0.1, 0.15) is 91.8 Å². The lowest BCUT2D eigenvalue weighted by atomic mass is 10.1. The molecule has 4 aliphatic rings. The lowest BCUT2D eigenvalue weighted by Crippen LogP contribution is -2.39. The number of phosphoric ester groups is 3. The fourth-order valence-corrected chi connectivity index (χ4v) is 16.8. The van der Waals surface area contributed by atoms with Gasteiger partial charge in [-0.3, -0.25) is 61.1 Å². The molecule has 0 bridgehead atoms. The molecule has 21 atom stereocenters. The van der Waals surface area contributed by atoms with Crippen LogP contribution in [0.5, 0.6) is 0 Å². The molecule has 21 unspecified atom stereocenters. The highest BCUT2D eigenvalue weighted by atomic mass is 32.5. The van der Waals surface area contributed by atoms with Gasteiger partial charge < -0.3 is 99.9 Å². The van der Waals surface area contributed by atoms with Crippen LogP contribution in [-0.4, -0.2) is 225 Å². The Morgan fingerprint density at radius 3 is 1.58 bits per heavy atom. The summed E-state index contributed by atoms with van der Waals surface area (Å²) in [6, 6.07) is 0. The average molecular weight is 1490 g/mol. The molecule has 0 aromatic carbocycles. The normalized spacial score (nSPS) is 30.9. The number of aromatic amines is 3. The third-order valence-electron chi connectivity index (χ3n) is 15.1. The van der Waals surface area contributed by atoms with Crippen LogP contribution >= 0.6 is 38.0 Å². The maximum atomic E-state index is 14.5. The Morgan fingerprint density at radius 1 is 0.557 bits per heavy atom. The number of fused-ring (bicyclic) bond motifs is 4. The molecule has 0 radical (unpaired) electrons. The Kier molecular flexibility index (Phi) is 19.4. The number of anilines is 3. The van der Waals surface area contributed by atoms with Crippen molar-refractivity contribution in [3.05, 3.63) is 68.9 Å². The molecule has 55 heteroatoms. The van der Waals surface area contributed by atoms with E-state index >= 15 is 0 Å². The maximum Gasteiger partial charge on any atom is 0.490 e. The van der Waals surface area contributed by atoms with E-state index in [1.54, 1.807) is 0 Å². The smallest absolute Gasteiger partial charge is 0.490 e. The van der Waals surface area contributed by atoms with Crippen molar-refractivity contribution >= 4 is 112 Å². The number of nitrogen functional groups attached to an aromatic ring is 3. The Morgan fingerprint density at radius 2 is 1.01 bits per heavy atom. The van der Waals surface area contributed by atoms with Crippen LogP contribution in [0.25, 0.3) is 44.7 Å². The highest BCUT2D eigenvalue weighted by Crippen LogP contribution is 2.68.